The monoisotopic (exact) mass is 210 g/mol. The molecule has 11 heteroatoms. The number of carbonyl (C=O) groups excluding carboxylic acids is 1. The van der Waals surface area contributed by atoms with Gasteiger partial charge in [-0.25, -0.2) is 0 Å². The fraction of sp³-hybridized carbons (Fsp3) is 0. The van der Waals surface area contributed by atoms with Gasteiger partial charge in [-0.1, -0.05) is 0 Å². The second-order valence-electron chi connectivity index (χ2n) is 0.727. The summed E-state index contributed by atoms with van der Waals surface area (Å²) in [6.07, 6.45) is -1.58. The first-order valence-corrected chi connectivity index (χ1v) is 2.70. The van der Waals surface area contributed by atoms with Crippen LogP contribution in [0.4, 0.5) is 4.79 Å². The van der Waals surface area contributed by atoms with E-state index in [4.69, 9.17) is 27.4 Å². The molecule has 0 unspecified atom stereocenters. The highest BCUT2D eigenvalue weighted by atomic mass is 32.3. The van der Waals surface area contributed by atoms with Crippen LogP contribution in [0, 0.1) is 0 Å². The van der Waals surface area contributed by atoms with Crippen LogP contribution >= 0.6 is 0 Å². The fourth-order valence-corrected chi connectivity index (χ4v) is 0. The Morgan fingerprint density at radius 2 is 1.08 bits per heavy atom. The minimum Gasteiger partial charge on any atom is -0.759 e. The molecule has 0 spiro atoms. The molecule has 0 saturated heterocycles. The second-order valence-corrected chi connectivity index (χ2v) is 1.54. The Balaban J connectivity index is -0.0000000221. The Hall–Kier alpha value is -0.980. The Bertz CT molecular complexity index is 162. The van der Waals surface area contributed by atoms with Crippen molar-refractivity contribution >= 4 is 16.5 Å². The average Bonchev–Trinajstić information content (AvgIpc) is 1.19. The van der Waals surface area contributed by atoms with Gasteiger partial charge in [-0.05, 0) is 0 Å². The first-order valence-electron chi connectivity index (χ1n) is 1.36. The van der Waals surface area contributed by atoms with E-state index < -0.39 is 16.5 Å². The summed E-state index contributed by atoms with van der Waals surface area (Å²) >= 11 is 0. The molecule has 1 amide bonds. The molecule has 0 aliphatic rings. The maximum atomic E-state index is 8.67. The van der Waals surface area contributed by atoms with Crippen molar-refractivity contribution in [2.45, 2.75) is 0 Å². The molecule has 0 aliphatic carbocycles. The smallest absolute Gasteiger partial charge is 0.131 e. The van der Waals surface area contributed by atoms with E-state index in [0.717, 1.165) is 0 Å². The van der Waals surface area contributed by atoms with E-state index in [9.17, 15) is 0 Å². The van der Waals surface area contributed by atoms with Crippen molar-refractivity contribution in [2.75, 3.05) is 0 Å². The van der Waals surface area contributed by atoms with Crippen LogP contribution in [0.3, 0.4) is 0 Å². The number of hydrogen-bond acceptors (Lipinski definition) is 6. The third-order valence-corrected chi connectivity index (χ3v) is 0. The van der Waals surface area contributed by atoms with Crippen LogP contribution in [0.15, 0.2) is 0 Å². The molecule has 0 aliphatic heterocycles. The molecule has 80 valence electrons. The molecule has 0 bridgehead atoms. The third kappa shape index (κ3) is 604. The number of primary amides is 1. The Kier molecular flexibility index (Phi) is 32.2. The van der Waals surface area contributed by atoms with Gasteiger partial charge < -0.3 is 43.2 Å². The lowest BCUT2D eigenvalue weighted by molar-refractivity contribution is -0.245. The highest BCUT2D eigenvalue weighted by Crippen LogP contribution is 1.57. The maximum absolute atomic E-state index is 8.67. The minimum absolute atomic E-state index is 0. The van der Waals surface area contributed by atoms with Crippen molar-refractivity contribution in [3.63, 3.8) is 0 Å². The van der Waals surface area contributed by atoms with Crippen LogP contribution in [0.5, 0.6) is 0 Å². The minimum atomic E-state index is -5.17. The third-order valence-electron chi connectivity index (χ3n) is 0. The first kappa shape index (κ1) is 30.5. The van der Waals surface area contributed by atoms with Gasteiger partial charge in [-0.2, -0.15) is 0 Å². The number of nitrogens with two attached hydrogens (primary N) is 1. The summed E-state index contributed by atoms with van der Waals surface area (Å²) < 4.78 is 34.1. The van der Waals surface area contributed by atoms with Gasteiger partial charge in [0.1, 0.15) is 6.09 Å². The van der Waals surface area contributed by atoms with Crippen LogP contribution in [-0.2, 0) is 10.4 Å². The Morgan fingerprint density at radius 3 is 1.08 bits per heavy atom. The van der Waals surface area contributed by atoms with Crippen molar-refractivity contribution in [1.29, 1.82) is 0 Å². The van der Waals surface area contributed by atoms with E-state index in [-0.39, 0.29) is 18.5 Å². The summed E-state index contributed by atoms with van der Waals surface area (Å²) in [5.41, 5.74) is 3.92. The Morgan fingerprint density at radius 1 is 1.08 bits per heavy atom. The topological polar surface area (TPSA) is 256 Å². The predicted octanol–water partition coefficient (Wildman–Crippen LogP) is -1.92. The van der Waals surface area contributed by atoms with Gasteiger partial charge in [0.15, 0.2) is 0 Å². The van der Waals surface area contributed by atoms with E-state index in [1.54, 1.807) is 0 Å². The van der Waals surface area contributed by atoms with Gasteiger partial charge in [0.25, 0.3) is 0 Å². The van der Waals surface area contributed by atoms with Crippen molar-refractivity contribution in [3.05, 3.63) is 0 Å². The highest BCUT2D eigenvalue weighted by Gasteiger charge is 1.49. The average molecular weight is 210 g/mol. The number of rotatable bonds is 0. The van der Waals surface area contributed by atoms with Gasteiger partial charge in [0, 0.05) is 10.4 Å². The number of amides is 1. The molecular weight excluding hydrogens is 196 g/mol. The molecule has 14 N–H and O–H groups in total. The fourth-order valence-electron chi connectivity index (χ4n) is 0. The quantitative estimate of drug-likeness (QED) is 0.261. The zero-order valence-electron chi connectivity index (χ0n) is 6.94. The van der Waals surface area contributed by atoms with Crippen LogP contribution < -0.4 is 29.3 Å². The van der Waals surface area contributed by atoms with Gasteiger partial charge in [-0.15, -0.1) is 0 Å². The lowest BCUT2D eigenvalue weighted by Crippen LogP contribution is -2.29. The second kappa shape index (κ2) is 12.7. The van der Waals surface area contributed by atoms with Crippen LogP contribution in [0.25, 0.3) is 0 Å². The number of carboxylic acid groups (broad SMARTS) is 1. The lowest BCUT2D eigenvalue weighted by atomic mass is 11.3. The number of hydrogen-bond donors (Lipinski definition) is 4. The van der Waals surface area contributed by atoms with Gasteiger partial charge in [-0.3, -0.25) is 8.42 Å². The summed E-state index contributed by atoms with van der Waals surface area (Å²) in [5.74, 6) is 0. The molecule has 0 atom stereocenters. The summed E-state index contributed by atoms with van der Waals surface area (Å²) in [6.45, 7) is 0. The first-order chi connectivity index (χ1) is 3.73. The molecule has 0 aromatic rings. The zero-order chi connectivity index (χ0) is 8.08. The van der Waals surface area contributed by atoms with E-state index >= 15 is 0 Å². The molecule has 12 heavy (non-hydrogen) atoms. The zero-order valence-corrected chi connectivity index (χ0v) is 7.75. The highest BCUT2D eigenvalue weighted by molar-refractivity contribution is 7.79. The summed E-state index contributed by atoms with van der Waals surface area (Å²) in [5, 5.41) is 8.67. The van der Waals surface area contributed by atoms with Crippen LogP contribution in [-0.4, -0.2) is 23.6 Å². The van der Waals surface area contributed by atoms with E-state index in [1.807, 2.05) is 0 Å². The lowest BCUT2D eigenvalue weighted by Gasteiger charge is -2.06. The number of quaternary nitrogens is 3. The van der Waals surface area contributed by atoms with Gasteiger partial charge >= 0.3 is 0 Å². The number of carbonyl (C=O) groups is 1. The van der Waals surface area contributed by atoms with Crippen molar-refractivity contribution < 1.29 is 27.4 Å². The van der Waals surface area contributed by atoms with E-state index in [0.29, 0.717) is 0 Å². The van der Waals surface area contributed by atoms with Gasteiger partial charge in [0.05, 0.1) is 0 Å². The molecule has 0 saturated carbocycles. The van der Waals surface area contributed by atoms with E-state index in [1.165, 1.54) is 0 Å². The van der Waals surface area contributed by atoms with Crippen molar-refractivity contribution in [1.82, 2.24) is 18.5 Å². The molecule has 0 aromatic carbocycles. The summed E-state index contributed by atoms with van der Waals surface area (Å²) in [6, 6.07) is 0. The van der Waals surface area contributed by atoms with Gasteiger partial charge in [0.2, 0.25) is 0 Å². The maximum Gasteiger partial charge on any atom is 0.131 e. The summed E-state index contributed by atoms with van der Waals surface area (Å²) in [7, 11) is -5.17. The molecule has 0 rings (SSSR count). The largest absolute Gasteiger partial charge is 0.759 e. The predicted molar refractivity (Wildman–Crippen MR) is 38.0 cm³/mol. The SMILES string of the molecule is NC(=O)[O-].O=S(=O)([O-])[O-].[NH4+].[NH4+].[NH4+]. The summed E-state index contributed by atoms with van der Waals surface area (Å²) in [4.78, 5) is 8.67. The van der Waals surface area contributed by atoms with Crippen LogP contribution in [0.2, 0.25) is 0 Å². The Labute approximate surface area is 69.1 Å². The van der Waals surface area contributed by atoms with Crippen molar-refractivity contribution in [2.24, 2.45) is 5.73 Å². The molecule has 0 radical (unpaired) electrons. The van der Waals surface area contributed by atoms with E-state index in [2.05, 4.69) is 5.73 Å². The van der Waals surface area contributed by atoms with Crippen LogP contribution in [0.1, 0.15) is 0 Å². The molecule has 0 heterocycles. The molecule has 10 nitrogen and oxygen atoms in total. The standard InChI is InChI=1S/CH3NO2.3H3N.H2O4S/c2-1(3)4;;;;1-5(2,3)4/h2H2,(H,3,4);3*1H3;(H2,1,2,3,4). The molecular formula is CH14N4O6S. The molecule has 0 aromatic heterocycles. The molecule has 0 fully saturated rings. The normalized spacial score (nSPS) is 6.83. The van der Waals surface area contributed by atoms with Crippen molar-refractivity contribution in [3.8, 4) is 0 Å².